The Balaban J connectivity index is 1.34. The van der Waals surface area contributed by atoms with Gasteiger partial charge in [0.25, 0.3) is 0 Å². The minimum absolute atomic E-state index is 0.737. The van der Waals surface area contributed by atoms with E-state index in [0.717, 1.165) is 97.2 Å². The maximum Gasteiger partial charge on any atom is 0.137 e. The minimum atomic E-state index is 0.737. The number of likely N-dealkylation sites (N-methyl/N-ethyl adjacent to an activating group) is 2. The summed E-state index contributed by atoms with van der Waals surface area (Å²) >= 11 is 0. The van der Waals surface area contributed by atoms with Gasteiger partial charge in [0.1, 0.15) is 37.8 Å². The number of hydrogen-bond donors (Lipinski definition) is 0. The minimum Gasteiger partial charge on any atom is -0.488 e. The van der Waals surface area contributed by atoms with Crippen molar-refractivity contribution in [2.45, 2.75) is 41.5 Å². The van der Waals surface area contributed by atoms with Crippen molar-refractivity contribution in [1.29, 1.82) is 0 Å². The molecule has 262 valence electrons. The first-order chi connectivity index (χ1) is 24.4. The van der Waals surface area contributed by atoms with Crippen LogP contribution in [0, 0.1) is 0 Å². The molecule has 0 aliphatic heterocycles. The molecule has 0 bridgehead atoms. The zero-order chi connectivity index (χ0) is 35.4. The monoisotopic (exact) mass is 670 g/mol. The summed E-state index contributed by atoms with van der Waals surface area (Å²) in [5, 5.41) is 4.98. The number of nitrogens with zero attached hydrogens (tertiary/aromatic N) is 2. The number of rotatable bonds is 18. The smallest absolute Gasteiger partial charge is 0.137 e. The number of hydrogen-bond acceptors (Lipinski definition) is 2. The summed E-state index contributed by atoms with van der Waals surface area (Å²) < 4.78 is 14.5. The van der Waals surface area contributed by atoms with Gasteiger partial charge in [-0.2, -0.15) is 0 Å². The molecule has 0 spiro atoms. The quantitative estimate of drug-likeness (QED) is 0.0525. The van der Waals surface area contributed by atoms with Crippen LogP contribution in [0.1, 0.15) is 63.8 Å². The zero-order valence-electron chi connectivity index (χ0n) is 31.3. The molecule has 0 aromatic heterocycles. The van der Waals surface area contributed by atoms with Gasteiger partial charge >= 0.3 is 0 Å². The first-order valence-corrected chi connectivity index (χ1v) is 18.9. The first kappa shape index (κ1) is 36.9. The lowest BCUT2D eigenvalue weighted by molar-refractivity contribution is -0.923. The molecule has 0 aliphatic carbocycles. The highest BCUT2D eigenvalue weighted by atomic mass is 16.5. The zero-order valence-corrected chi connectivity index (χ0v) is 31.3. The van der Waals surface area contributed by atoms with Gasteiger partial charge in [0, 0.05) is 0 Å². The molecule has 0 amide bonds. The van der Waals surface area contributed by atoms with Crippen LogP contribution in [0.15, 0.2) is 97.1 Å². The van der Waals surface area contributed by atoms with Crippen molar-refractivity contribution in [1.82, 2.24) is 0 Å². The van der Waals surface area contributed by atoms with Gasteiger partial charge in [0.2, 0.25) is 0 Å². The number of fused-ring (bicyclic) bond motifs is 2. The van der Waals surface area contributed by atoms with Crippen LogP contribution in [0.3, 0.4) is 0 Å². The summed E-state index contributed by atoms with van der Waals surface area (Å²) in [6.07, 6.45) is 8.98. The molecule has 5 aromatic carbocycles. The SMILES string of the molecule is CC[N+](CC)(CC)CCOc1ccc(/C=C/c2c3ccccc3c(/C=C/c3ccc(OCC[N+](CC)(CC)CC)cc3)c3ccccc23)cc1. The topological polar surface area (TPSA) is 18.5 Å². The van der Waals surface area contributed by atoms with Gasteiger partial charge in [0.15, 0.2) is 0 Å². The third kappa shape index (κ3) is 8.67. The highest BCUT2D eigenvalue weighted by molar-refractivity contribution is 6.14. The number of quaternary nitrogens is 2. The van der Waals surface area contributed by atoms with E-state index < -0.39 is 0 Å². The first-order valence-electron chi connectivity index (χ1n) is 18.9. The highest BCUT2D eigenvalue weighted by Crippen LogP contribution is 2.35. The van der Waals surface area contributed by atoms with E-state index in [2.05, 4.69) is 163 Å². The van der Waals surface area contributed by atoms with E-state index in [1.165, 1.54) is 32.7 Å². The molecule has 0 heterocycles. The lowest BCUT2D eigenvalue weighted by atomic mass is 9.91. The Morgan fingerprint density at radius 3 is 0.980 bits per heavy atom. The molecule has 0 fully saturated rings. The molecule has 4 nitrogen and oxygen atoms in total. The Bertz CT molecular complexity index is 1650. The molecule has 0 N–H and O–H groups in total. The Hall–Kier alpha value is -4.38. The van der Waals surface area contributed by atoms with E-state index in [4.69, 9.17) is 9.47 Å². The molecule has 4 heteroatoms. The summed E-state index contributed by atoms with van der Waals surface area (Å²) in [6, 6.07) is 34.5. The van der Waals surface area contributed by atoms with Gasteiger partial charge in [-0.15, -0.1) is 0 Å². The van der Waals surface area contributed by atoms with E-state index >= 15 is 0 Å². The Morgan fingerprint density at radius 2 is 0.700 bits per heavy atom. The normalized spacial score (nSPS) is 12.4. The third-order valence-corrected chi connectivity index (χ3v) is 11.4. The van der Waals surface area contributed by atoms with Crippen molar-refractivity contribution in [3.05, 3.63) is 119 Å². The van der Waals surface area contributed by atoms with Crippen molar-refractivity contribution in [2.75, 3.05) is 65.6 Å². The van der Waals surface area contributed by atoms with Crippen molar-refractivity contribution >= 4 is 45.8 Å². The summed E-state index contributed by atoms with van der Waals surface area (Å²) in [5.74, 6) is 1.86. The summed E-state index contributed by atoms with van der Waals surface area (Å²) in [4.78, 5) is 0. The molecule has 0 saturated heterocycles. The molecule has 0 atom stereocenters. The van der Waals surface area contributed by atoms with Crippen molar-refractivity contribution in [3.8, 4) is 11.5 Å². The lowest BCUT2D eigenvalue weighted by Crippen LogP contribution is -2.49. The second-order valence-electron chi connectivity index (χ2n) is 13.4. The molecule has 50 heavy (non-hydrogen) atoms. The van der Waals surface area contributed by atoms with E-state index in [9.17, 15) is 0 Å². The van der Waals surface area contributed by atoms with Crippen molar-refractivity contribution in [2.24, 2.45) is 0 Å². The maximum absolute atomic E-state index is 6.16. The number of ether oxygens (including phenoxy) is 2. The average Bonchev–Trinajstić information content (AvgIpc) is 3.18. The fourth-order valence-corrected chi connectivity index (χ4v) is 7.27. The molecule has 0 unspecified atom stereocenters. The molecule has 0 aliphatic rings. The molecule has 0 saturated carbocycles. The standard InChI is InChI=1S/C46H58N2O2/c1-7-47(8-2,9-3)33-35-49-39-27-21-37(22-28-39)25-31-45-41-17-13-15-19-43(41)46(44-20-16-14-18-42(44)45)32-26-38-23-29-40(30-24-38)50-36-34-48(10-4,11-5)12-6/h13-32H,7-12,33-36H2,1-6H3/q+2/b31-25+,32-26+. The number of benzene rings is 5. The lowest BCUT2D eigenvalue weighted by Gasteiger charge is -2.35. The molecule has 5 aromatic rings. The largest absolute Gasteiger partial charge is 0.488 e. The van der Waals surface area contributed by atoms with Gasteiger partial charge in [-0.25, -0.2) is 0 Å². The second kappa shape index (κ2) is 17.5. The van der Waals surface area contributed by atoms with Gasteiger partial charge in [-0.05, 0) is 110 Å². The maximum atomic E-state index is 6.16. The van der Waals surface area contributed by atoms with E-state index in [0.29, 0.717) is 0 Å². The molecule has 5 rings (SSSR count). The van der Waals surface area contributed by atoms with Crippen LogP contribution in [-0.4, -0.2) is 74.5 Å². The van der Waals surface area contributed by atoms with Crippen LogP contribution in [0.4, 0.5) is 0 Å². The molecule has 0 radical (unpaired) electrons. The second-order valence-corrected chi connectivity index (χ2v) is 13.4. The molecular formula is C46H58N2O2+2. The van der Waals surface area contributed by atoms with Crippen molar-refractivity contribution < 1.29 is 18.4 Å². The predicted molar refractivity (Wildman–Crippen MR) is 217 cm³/mol. The van der Waals surface area contributed by atoms with Crippen molar-refractivity contribution in [3.63, 3.8) is 0 Å². The predicted octanol–water partition coefficient (Wildman–Crippen LogP) is 10.8. The van der Waals surface area contributed by atoms with Crippen LogP contribution in [0.2, 0.25) is 0 Å². The summed E-state index contributed by atoms with van der Waals surface area (Å²) in [7, 11) is 0. The van der Waals surface area contributed by atoms with Gasteiger partial charge in [0.05, 0.1) is 39.3 Å². The van der Waals surface area contributed by atoms with Gasteiger partial charge in [-0.3, -0.25) is 0 Å². The van der Waals surface area contributed by atoms with Crippen LogP contribution in [0.25, 0.3) is 45.8 Å². The van der Waals surface area contributed by atoms with E-state index in [-0.39, 0.29) is 0 Å². The van der Waals surface area contributed by atoms with E-state index in [1.807, 2.05) is 0 Å². The summed E-state index contributed by atoms with van der Waals surface area (Å²) in [5.41, 5.74) is 4.78. The summed E-state index contributed by atoms with van der Waals surface area (Å²) in [6.45, 7) is 24.0. The Labute approximate surface area is 301 Å². The van der Waals surface area contributed by atoms with E-state index in [1.54, 1.807) is 0 Å². The van der Waals surface area contributed by atoms with Crippen LogP contribution in [0.5, 0.6) is 11.5 Å². The third-order valence-electron chi connectivity index (χ3n) is 11.4. The fourth-order valence-electron chi connectivity index (χ4n) is 7.27. The van der Waals surface area contributed by atoms with Gasteiger partial charge in [-0.1, -0.05) is 97.1 Å². The Morgan fingerprint density at radius 1 is 0.400 bits per heavy atom. The van der Waals surface area contributed by atoms with Gasteiger partial charge < -0.3 is 18.4 Å². The van der Waals surface area contributed by atoms with Crippen LogP contribution in [-0.2, 0) is 0 Å². The highest BCUT2D eigenvalue weighted by Gasteiger charge is 2.21. The Kier molecular flexibility index (Phi) is 12.9. The van der Waals surface area contributed by atoms with Crippen LogP contribution >= 0.6 is 0 Å². The van der Waals surface area contributed by atoms with Crippen LogP contribution < -0.4 is 9.47 Å². The average molecular weight is 671 g/mol. The molecular weight excluding hydrogens is 613 g/mol. The fraction of sp³-hybridized carbons (Fsp3) is 0.348.